The van der Waals surface area contributed by atoms with E-state index in [-0.39, 0.29) is 11.9 Å². The molecule has 1 aliphatic rings. The summed E-state index contributed by atoms with van der Waals surface area (Å²) in [6.07, 6.45) is 5.57. The Morgan fingerprint density at radius 2 is 2.09 bits per heavy atom. The molecule has 0 unspecified atom stereocenters. The first kappa shape index (κ1) is 13.6. The van der Waals surface area contributed by atoms with E-state index in [1.807, 2.05) is 18.2 Å². The summed E-state index contributed by atoms with van der Waals surface area (Å²) >= 11 is 0. The van der Waals surface area contributed by atoms with Gasteiger partial charge in [0.1, 0.15) is 12.7 Å². The third-order valence-corrected chi connectivity index (χ3v) is 4.00. The van der Waals surface area contributed by atoms with Gasteiger partial charge in [-0.25, -0.2) is 14.6 Å². The van der Waals surface area contributed by atoms with Crippen molar-refractivity contribution in [2.24, 2.45) is 0 Å². The van der Waals surface area contributed by atoms with Crippen LogP contribution in [-0.2, 0) is 0 Å². The standard InChI is InChI=1S/C17H15N5O/c23-17(21-15-9-14(15)12-4-2-1-3-5-12)13-6-7-19-16(8-13)22-11-18-10-20-22/h1-8,10-11,14-15H,9H2,(H,21,23)/t14-,15-/m1/s1. The van der Waals surface area contributed by atoms with Crippen LogP contribution in [0.25, 0.3) is 5.82 Å². The minimum Gasteiger partial charge on any atom is -0.349 e. The number of hydrogen-bond acceptors (Lipinski definition) is 4. The molecule has 6 nitrogen and oxygen atoms in total. The third kappa shape index (κ3) is 2.83. The second-order valence-electron chi connectivity index (χ2n) is 5.58. The second-order valence-corrected chi connectivity index (χ2v) is 5.58. The van der Waals surface area contributed by atoms with Crippen molar-refractivity contribution in [3.63, 3.8) is 0 Å². The van der Waals surface area contributed by atoms with Crippen LogP contribution in [0.15, 0.2) is 61.3 Å². The van der Waals surface area contributed by atoms with Crippen molar-refractivity contribution < 1.29 is 4.79 Å². The van der Waals surface area contributed by atoms with Gasteiger partial charge in [-0.3, -0.25) is 4.79 Å². The smallest absolute Gasteiger partial charge is 0.251 e. The van der Waals surface area contributed by atoms with Gasteiger partial charge in [-0.15, -0.1) is 0 Å². The van der Waals surface area contributed by atoms with Gasteiger partial charge >= 0.3 is 0 Å². The van der Waals surface area contributed by atoms with Crippen LogP contribution >= 0.6 is 0 Å². The zero-order valence-corrected chi connectivity index (χ0v) is 12.3. The largest absolute Gasteiger partial charge is 0.349 e. The molecule has 4 rings (SSSR count). The quantitative estimate of drug-likeness (QED) is 0.799. The molecule has 0 bridgehead atoms. The zero-order chi connectivity index (χ0) is 15.6. The van der Waals surface area contributed by atoms with Gasteiger partial charge in [-0.1, -0.05) is 30.3 Å². The number of rotatable bonds is 4. The lowest BCUT2D eigenvalue weighted by atomic mass is 10.1. The van der Waals surface area contributed by atoms with E-state index in [0.717, 1.165) is 6.42 Å². The summed E-state index contributed by atoms with van der Waals surface area (Å²) in [5.74, 6) is 0.902. The Morgan fingerprint density at radius 3 is 2.87 bits per heavy atom. The summed E-state index contributed by atoms with van der Waals surface area (Å²) in [6, 6.07) is 13.9. The van der Waals surface area contributed by atoms with Crippen LogP contribution in [0, 0.1) is 0 Å². The third-order valence-electron chi connectivity index (χ3n) is 4.00. The van der Waals surface area contributed by atoms with Crippen LogP contribution in [0.4, 0.5) is 0 Å². The van der Waals surface area contributed by atoms with Crippen molar-refractivity contribution in [2.75, 3.05) is 0 Å². The van der Waals surface area contributed by atoms with E-state index in [0.29, 0.717) is 17.3 Å². The van der Waals surface area contributed by atoms with Crippen molar-refractivity contribution in [2.45, 2.75) is 18.4 Å². The molecule has 0 aliphatic heterocycles. The number of pyridine rings is 1. The Kier molecular flexibility index (Phi) is 3.34. The molecule has 6 heteroatoms. The van der Waals surface area contributed by atoms with Crippen LogP contribution in [0.1, 0.15) is 28.3 Å². The van der Waals surface area contributed by atoms with Crippen LogP contribution in [-0.4, -0.2) is 31.7 Å². The first-order valence-electron chi connectivity index (χ1n) is 7.48. The normalized spacial score (nSPS) is 19.3. The molecule has 1 amide bonds. The number of carbonyl (C=O) groups excluding carboxylic acids is 1. The fraction of sp³-hybridized carbons (Fsp3) is 0.176. The Balaban J connectivity index is 1.45. The van der Waals surface area contributed by atoms with Crippen LogP contribution in [0.2, 0.25) is 0 Å². The number of benzene rings is 1. The van der Waals surface area contributed by atoms with Gasteiger partial charge in [-0.05, 0) is 24.1 Å². The highest BCUT2D eigenvalue weighted by molar-refractivity contribution is 5.95. The van der Waals surface area contributed by atoms with Gasteiger partial charge < -0.3 is 5.32 Å². The van der Waals surface area contributed by atoms with Gasteiger partial charge in [0.2, 0.25) is 0 Å². The Labute approximate surface area is 133 Å². The molecule has 2 aromatic heterocycles. The van der Waals surface area contributed by atoms with Gasteiger partial charge in [0, 0.05) is 23.7 Å². The number of nitrogens with zero attached hydrogens (tertiary/aromatic N) is 4. The Morgan fingerprint density at radius 1 is 1.22 bits per heavy atom. The van der Waals surface area contributed by atoms with Crippen molar-refractivity contribution >= 4 is 5.91 Å². The average Bonchev–Trinajstić information content (AvgIpc) is 3.14. The molecule has 23 heavy (non-hydrogen) atoms. The average molecular weight is 305 g/mol. The lowest BCUT2D eigenvalue weighted by molar-refractivity contribution is 0.0950. The SMILES string of the molecule is O=C(N[C@@H]1C[C@@H]1c1ccccc1)c1ccnc(-n2cncn2)c1. The van der Waals surface area contributed by atoms with E-state index < -0.39 is 0 Å². The number of hydrogen-bond donors (Lipinski definition) is 1. The summed E-state index contributed by atoms with van der Waals surface area (Å²) < 4.78 is 1.53. The molecule has 114 valence electrons. The molecule has 0 radical (unpaired) electrons. The lowest BCUT2D eigenvalue weighted by Gasteiger charge is -2.06. The minimum absolute atomic E-state index is 0.0859. The van der Waals surface area contributed by atoms with E-state index in [1.165, 1.54) is 16.6 Å². The maximum Gasteiger partial charge on any atom is 0.251 e. The number of aromatic nitrogens is 4. The highest BCUT2D eigenvalue weighted by Crippen LogP contribution is 2.40. The minimum atomic E-state index is -0.0859. The highest BCUT2D eigenvalue weighted by Gasteiger charge is 2.39. The highest BCUT2D eigenvalue weighted by atomic mass is 16.1. The molecule has 1 aromatic carbocycles. The van der Waals surface area contributed by atoms with E-state index >= 15 is 0 Å². The fourth-order valence-corrected chi connectivity index (χ4v) is 2.69. The first-order chi connectivity index (χ1) is 11.3. The topological polar surface area (TPSA) is 72.7 Å². The van der Waals surface area contributed by atoms with Gasteiger partial charge in [-0.2, -0.15) is 5.10 Å². The first-order valence-corrected chi connectivity index (χ1v) is 7.48. The van der Waals surface area contributed by atoms with Crippen LogP contribution in [0.5, 0.6) is 0 Å². The van der Waals surface area contributed by atoms with Crippen LogP contribution in [0.3, 0.4) is 0 Å². The summed E-state index contributed by atoms with van der Waals surface area (Å²) in [5, 5.41) is 7.10. The second kappa shape index (κ2) is 5.64. The van der Waals surface area contributed by atoms with Crippen molar-refractivity contribution in [3.8, 4) is 5.82 Å². The summed E-state index contributed by atoms with van der Waals surface area (Å²) in [7, 11) is 0. The molecule has 1 aliphatic carbocycles. The van der Waals surface area contributed by atoms with Gasteiger partial charge in [0.25, 0.3) is 5.91 Å². The maximum absolute atomic E-state index is 12.4. The summed E-state index contributed by atoms with van der Waals surface area (Å²) in [6.45, 7) is 0. The molecule has 1 saturated carbocycles. The number of amides is 1. The monoisotopic (exact) mass is 305 g/mol. The van der Waals surface area contributed by atoms with Crippen molar-refractivity contribution in [3.05, 3.63) is 72.4 Å². The molecule has 1 N–H and O–H groups in total. The molecule has 2 heterocycles. The number of carbonyl (C=O) groups is 1. The van der Waals surface area contributed by atoms with Crippen LogP contribution < -0.4 is 5.32 Å². The van der Waals surface area contributed by atoms with E-state index in [1.54, 1.807) is 24.7 Å². The van der Waals surface area contributed by atoms with Gasteiger partial charge in [0.05, 0.1) is 0 Å². The zero-order valence-electron chi connectivity index (χ0n) is 12.3. The van der Waals surface area contributed by atoms with E-state index in [2.05, 4.69) is 32.5 Å². The molecule has 1 fully saturated rings. The molecule has 3 aromatic rings. The summed E-state index contributed by atoms with van der Waals surface area (Å²) in [4.78, 5) is 20.5. The van der Waals surface area contributed by atoms with E-state index in [9.17, 15) is 4.79 Å². The molecule has 2 atom stereocenters. The fourth-order valence-electron chi connectivity index (χ4n) is 2.69. The molecular weight excluding hydrogens is 290 g/mol. The Hall–Kier alpha value is -3.02. The predicted octanol–water partition coefficient (Wildman–Crippen LogP) is 1.95. The van der Waals surface area contributed by atoms with Crippen molar-refractivity contribution in [1.82, 2.24) is 25.1 Å². The molecular formula is C17H15N5O. The predicted molar refractivity (Wildman–Crippen MR) is 84.2 cm³/mol. The number of nitrogens with one attached hydrogen (secondary N) is 1. The van der Waals surface area contributed by atoms with Crippen molar-refractivity contribution in [1.29, 1.82) is 0 Å². The van der Waals surface area contributed by atoms with E-state index in [4.69, 9.17) is 0 Å². The lowest BCUT2D eigenvalue weighted by Crippen LogP contribution is -2.26. The Bertz CT molecular complexity index is 816. The maximum atomic E-state index is 12.4. The molecule has 0 spiro atoms. The summed E-state index contributed by atoms with van der Waals surface area (Å²) in [5.41, 5.74) is 1.85. The van der Waals surface area contributed by atoms with Gasteiger partial charge in [0.15, 0.2) is 5.82 Å². The molecule has 0 saturated heterocycles.